The summed E-state index contributed by atoms with van der Waals surface area (Å²) < 4.78 is 1.64. The number of anilines is 1. The molecule has 0 aliphatic rings. The standard InChI is InChI=1S/C15H14ClN5/c1-11-7-13(16)5-4-12(11)8-19-14-3-2-6-18-15(14)21-10-17-9-20-21/h2-7,9-10,19H,8H2,1H3. The highest BCUT2D eigenvalue weighted by Crippen LogP contribution is 2.19. The van der Waals surface area contributed by atoms with Gasteiger partial charge < -0.3 is 5.32 Å². The second-order valence-electron chi connectivity index (χ2n) is 4.64. The number of rotatable bonds is 4. The van der Waals surface area contributed by atoms with Gasteiger partial charge in [-0.3, -0.25) is 0 Å². The molecular weight excluding hydrogens is 286 g/mol. The van der Waals surface area contributed by atoms with Crippen molar-refractivity contribution < 1.29 is 0 Å². The highest BCUT2D eigenvalue weighted by atomic mass is 35.5. The van der Waals surface area contributed by atoms with Crippen LogP contribution in [0.2, 0.25) is 5.02 Å². The van der Waals surface area contributed by atoms with Gasteiger partial charge in [0.15, 0.2) is 5.82 Å². The fourth-order valence-corrected chi connectivity index (χ4v) is 2.31. The summed E-state index contributed by atoms with van der Waals surface area (Å²) in [6, 6.07) is 9.73. The molecule has 2 aromatic heterocycles. The smallest absolute Gasteiger partial charge is 0.178 e. The Hall–Kier alpha value is -2.40. The van der Waals surface area contributed by atoms with Gasteiger partial charge >= 0.3 is 0 Å². The minimum Gasteiger partial charge on any atom is -0.378 e. The third-order valence-electron chi connectivity index (χ3n) is 3.20. The number of aryl methyl sites for hydroxylation is 1. The van der Waals surface area contributed by atoms with Gasteiger partial charge in [-0.05, 0) is 42.3 Å². The minimum atomic E-state index is 0.691. The number of pyridine rings is 1. The van der Waals surface area contributed by atoms with Gasteiger partial charge in [0.25, 0.3) is 0 Å². The van der Waals surface area contributed by atoms with E-state index in [0.29, 0.717) is 6.54 Å². The van der Waals surface area contributed by atoms with Crippen LogP contribution in [0.25, 0.3) is 5.82 Å². The molecule has 2 heterocycles. The lowest BCUT2D eigenvalue weighted by Crippen LogP contribution is -2.07. The zero-order chi connectivity index (χ0) is 14.7. The molecular formula is C15H14ClN5. The molecule has 0 bridgehead atoms. The summed E-state index contributed by atoms with van der Waals surface area (Å²) in [6.45, 7) is 2.74. The molecule has 0 atom stereocenters. The normalized spacial score (nSPS) is 10.6. The summed E-state index contributed by atoms with van der Waals surface area (Å²) in [5.41, 5.74) is 3.24. The van der Waals surface area contributed by atoms with E-state index >= 15 is 0 Å². The fraction of sp³-hybridized carbons (Fsp3) is 0.133. The van der Waals surface area contributed by atoms with Crippen LogP contribution in [0.1, 0.15) is 11.1 Å². The lowest BCUT2D eigenvalue weighted by Gasteiger charge is -2.12. The summed E-state index contributed by atoms with van der Waals surface area (Å²) in [6.07, 6.45) is 4.85. The lowest BCUT2D eigenvalue weighted by molar-refractivity contribution is 0.844. The van der Waals surface area contributed by atoms with Crippen molar-refractivity contribution in [3.05, 3.63) is 65.3 Å². The van der Waals surface area contributed by atoms with Gasteiger partial charge in [-0.1, -0.05) is 17.7 Å². The van der Waals surface area contributed by atoms with Crippen molar-refractivity contribution in [2.75, 3.05) is 5.32 Å². The number of hydrogen-bond donors (Lipinski definition) is 1. The Morgan fingerprint density at radius 2 is 2.19 bits per heavy atom. The van der Waals surface area contributed by atoms with Crippen molar-refractivity contribution in [1.82, 2.24) is 19.7 Å². The van der Waals surface area contributed by atoms with Crippen LogP contribution in [-0.2, 0) is 6.54 Å². The van der Waals surface area contributed by atoms with Gasteiger partial charge in [0.05, 0.1) is 5.69 Å². The molecule has 1 N–H and O–H groups in total. The van der Waals surface area contributed by atoms with E-state index in [4.69, 9.17) is 11.6 Å². The molecule has 3 rings (SSSR count). The average molecular weight is 300 g/mol. The molecule has 0 radical (unpaired) electrons. The van der Waals surface area contributed by atoms with E-state index in [-0.39, 0.29) is 0 Å². The largest absolute Gasteiger partial charge is 0.378 e. The number of hydrogen-bond acceptors (Lipinski definition) is 4. The van der Waals surface area contributed by atoms with Crippen molar-refractivity contribution >= 4 is 17.3 Å². The molecule has 21 heavy (non-hydrogen) atoms. The maximum Gasteiger partial charge on any atom is 0.178 e. The molecule has 106 valence electrons. The van der Waals surface area contributed by atoms with E-state index in [0.717, 1.165) is 22.1 Å². The maximum atomic E-state index is 5.98. The summed E-state index contributed by atoms with van der Waals surface area (Å²) >= 11 is 5.98. The number of nitrogens with one attached hydrogen (secondary N) is 1. The Morgan fingerprint density at radius 3 is 2.95 bits per heavy atom. The number of halogens is 1. The van der Waals surface area contributed by atoms with Crippen LogP contribution in [0.3, 0.4) is 0 Å². The SMILES string of the molecule is Cc1cc(Cl)ccc1CNc1cccnc1-n1cncn1. The van der Waals surface area contributed by atoms with E-state index in [1.54, 1.807) is 17.2 Å². The highest BCUT2D eigenvalue weighted by molar-refractivity contribution is 6.30. The van der Waals surface area contributed by atoms with Crippen molar-refractivity contribution in [2.45, 2.75) is 13.5 Å². The zero-order valence-corrected chi connectivity index (χ0v) is 12.2. The number of nitrogens with zero attached hydrogens (tertiary/aromatic N) is 4. The van der Waals surface area contributed by atoms with E-state index in [1.165, 1.54) is 11.9 Å². The molecule has 0 aliphatic carbocycles. The van der Waals surface area contributed by atoms with E-state index in [9.17, 15) is 0 Å². The molecule has 0 amide bonds. The first kappa shape index (κ1) is 13.6. The van der Waals surface area contributed by atoms with Crippen molar-refractivity contribution in [2.24, 2.45) is 0 Å². The van der Waals surface area contributed by atoms with Crippen LogP contribution in [0.15, 0.2) is 49.2 Å². The third-order valence-corrected chi connectivity index (χ3v) is 3.43. The fourth-order valence-electron chi connectivity index (χ4n) is 2.08. The van der Waals surface area contributed by atoms with Crippen molar-refractivity contribution in [3.63, 3.8) is 0 Å². The topological polar surface area (TPSA) is 55.6 Å². The van der Waals surface area contributed by atoms with Crippen LogP contribution < -0.4 is 5.32 Å². The Balaban J connectivity index is 1.83. The monoisotopic (exact) mass is 299 g/mol. The molecule has 0 spiro atoms. The first-order chi connectivity index (χ1) is 10.2. The molecule has 0 saturated carbocycles. The van der Waals surface area contributed by atoms with Crippen LogP contribution in [0.4, 0.5) is 5.69 Å². The Labute approximate surface area is 127 Å². The average Bonchev–Trinajstić information content (AvgIpc) is 3.01. The number of benzene rings is 1. The van der Waals surface area contributed by atoms with E-state index in [1.807, 2.05) is 37.3 Å². The quantitative estimate of drug-likeness (QED) is 0.803. The van der Waals surface area contributed by atoms with Gasteiger partial charge in [-0.15, -0.1) is 0 Å². The van der Waals surface area contributed by atoms with E-state index < -0.39 is 0 Å². The van der Waals surface area contributed by atoms with Crippen molar-refractivity contribution in [1.29, 1.82) is 0 Å². The van der Waals surface area contributed by atoms with Gasteiger partial charge in [0.2, 0.25) is 0 Å². The molecule has 0 fully saturated rings. The predicted octanol–water partition coefficient (Wildman–Crippen LogP) is 3.24. The Bertz CT molecular complexity index is 740. The van der Waals surface area contributed by atoms with Crippen molar-refractivity contribution in [3.8, 4) is 5.82 Å². The molecule has 0 saturated heterocycles. The van der Waals surface area contributed by atoms with E-state index in [2.05, 4.69) is 20.4 Å². The second kappa shape index (κ2) is 5.93. The molecule has 1 aromatic carbocycles. The number of aromatic nitrogens is 4. The summed E-state index contributed by atoms with van der Waals surface area (Å²) in [4.78, 5) is 8.30. The molecule has 0 unspecified atom stereocenters. The summed E-state index contributed by atoms with van der Waals surface area (Å²) in [7, 11) is 0. The molecule has 3 aromatic rings. The first-order valence-corrected chi connectivity index (χ1v) is 6.91. The molecule has 6 heteroatoms. The minimum absolute atomic E-state index is 0.691. The highest BCUT2D eigenvalue weighted by Gasteiger charge is 2.07. The maximum absolute atomic E-state index is 5.98. The first-order valence-electron chi connectivity index (χ1n) is 6.53. The molecule has 0 aliphatic heterocycles. The van der Waals surface area contributed by atoms with Crippen LogP contribution in [-0.4, -0.2) is 19.7 Å². The van der Waals surface area contributed by atoms with Gasteiger partial charge in [-0.25, -0.2) is 14.6 Å². The van der Waals surface area contributed by atoms with Crippen LogP contribution >= 0.6 is 11.6 Å². The van der Waals surface area contributed by atoms with Gasteiger partial charge in [-0.2, -0.15) is 5.10 Å². The second-order valence-corrected chi connectivity index (χ2v) is 5.08. The predicted molar refractivity (Wildman–Crippen MR) is 82.7 cm³/mol. The summed E-state index contributed by atoms with van der Waals surface area (Å²) in [5.74, 6) is 0.724. The van der Waals surface area contributed by atoms with Crippen LogP contribution in [0, 0.1) is 6.92 Å². The zero-order valence-electron chi connectivity index (χ0n) is 11.5. The van der Waals surface area contributed by atoms with Crippen LogP contribution in [0.5, 0.6) is 0 Å². The Morgan fingerprint density at radius 1 is 1.29 bits per heavy atom. The third kappa shape index (κ3) is 3.03. The van der Waals surface area contributed by atoms with Gasteiger partial charge in [0.1, 0.15) is 12.7 Å². The lowest BCUT2D eigenvalue weighted by atomic mass is 10.1. The van der Waals surface area contributed by atoms with Gasteiger partial charge in [0, 0.05) is 17.8 Å². The molecule has 5 nitrogen and oxygen atoms in total. The Kier molecular flexibility index (Phi) is 3.83. The summed E-state index contributed by atoms with van der Waals surface area (Å²) in [5, 5.41) is 8.25.